The predicted molar refractivity (Wildman–Crippen MR) is 62.4 cm³/mol. The summed E-state index contributed by atoms with van der Waals surface area (Å²) in [5, 5.41) is 0. The van der Waals surface area contributed by atoms with E-state index in [4.69, 9.17) is 0 Å². The van der Waals surface area contributed by atoms with Crippen LogP contribution < -0.4 is 0 Å². The van der Waals surface area contributed by atoms with Gasteiger partial charge in [0.2, 0.25) is 0 Å². The Morgan fingerprint density at radius 2 is 1.33 bits per heavy atom. The Balaban J connectivity index is 1.72. The molecule has 15 heavy (non-hydrogen) atoms. The molecular weight excluding hydrogens is 180 g/mol. The fourth-order valence-corrected chi connectivity index (χ4v) is 4.67. The minimum Gasteiger partial charge on any atom is -0.0771 e. The van der Waals surface area contributed by atoms with E-state index in [1.165, 1.54) is 38.5 Å². The zero-order valence-electron chi connectivity index (χ0n) is 9.41. The predicted octanol–water partition coefficient (Wildman–Crippen LogP) is 4.09. The third-order valence-electron chi connectivity index (χ3n) is 5.39. The Kier molecular flexibility index (Phi) is 1.72. The summed E-state index contributed by atoms with van der Waals surface area (Å²) in [7, 11) is 0. The average molecular weight is 200 g/mol. The first kappa shape index (κ1) is 8.61. The second-order valence-corrected chi connectivity index (χ2v) is 6.08. The van der Waals surface area contributed by atoms with Crippen molar-refractivity contribution in [3.05, 3.63) is 23.3 Å². The van der Waals surface area contributed by atoms with E-state index < -0.39 is 0 Å². The molecule has 0 heterocycles. The number of hydrogen-bond donors (Lipinski definition) is 0. The summed E-state index contributed by atoms with van der Waals surface area (Å²) in [5.41, 5.74) is 3.49. The summed E-state index contributed by atoms with van der Waals surface area (Å²) in [6, 6.07) is 0. The molecule has 4 aliphatic rings. The van der Waals surface area contributed by atoms with Gasteiger partial charge in [-0.05, 0) is 79.8 Å². The lowest BCUT2D eigenvalue weighted by molar-refractivity contribution is 0.309. The van der Waals surface area contributed by atoms with Gasteiger partial charge in [-0.25, -0.2) is 0 Å². The minimum atomic E-state index is 0.959. The second kappa shape index (κ2) is 2.99. The molecular formula is C15H20. The van der Waals surface area contributed by atoms with Crippen LogP contribution in [0.25, 0.3) is 0 Å². The zero-order chi connectivity index (χ0) is 9.83. The molecule has 3 fully saturated rings. The van der Waals surface area contributed by atoms with Crippen molar-refractivity contribution in [1.82, 2.24) is 0 Å². The van der Waals surface area contributed by atoms with E-state index in [2.05, 4.69) is 12.2 Å². The van der Waals surface area contributed by atoms with Crippen molar-refractivity contribution in [3.63, 3.8) is 0 Å². The lowest BCUT2D eigenvalue weighted by Crippen LogP contribution is -2.23. The summed E-state index contributed by atoms with van der Waals surface area (Å²) in [6.45, 7) is 0. The molecule has 80 valence electrons. The summed E-state index contributed by atoms with van der Waals surface area (Å²) < 4.78 is 0. The van der Waals surface area contributed by atoms with Crippen molar-refractivity contribution in [2.45, 2.75) is 44.9 Å². The van der Waals surface area contributed by atoms with E-state index in [-0.39, 0.29) is 0 Å². The Morgan fingerprint density at radius 3 is 1.87 bits per heavy atom. The normalized spacial score (nSPS) is 46.9. The van der Waals surface area contributed by atoms with Gasteiger partial charge in [-0.15, -0.1) is 0 Å². The molecule has 0 unspecified atom stereocenters. The van der Waals surface area contributed by atoms with Crippen LogP contribution in [-0.2, 0) is 0 Å². The van der Waals surface area contributed by atoms with Crippen molar-refractivity contribution in [3.8, 4) is 0 Å². The van der Waals surface area contributed by atoms with Crippen LogP contribution in [0.4, 0.5) is 0 Å². The molecule has 0 aromatic rings. The van der Waals surface area contributed by atoms with Gasteiger partial charge in [0.15, 0.2) is 0 Å². The zero-order valence-corrected chi connectivity index (χ0v) is 9.41. The second-order valence-electron chi connectivity index (χ2n) is 6.08. The van der Waals surface area contributed by atoms with E-state index in [0.717, 1.165) is 23.7 Å². The molecule has 3 saturated carbocycles. The van der Waals surface area contributed by atoms with Gasteiger partial charge >= 0.3 is 0 Å². The maximum Gasteiger partial charge on any atom is -0.0133 e. The summed E-state index contributed by atoms with van der Waals surface area (Å²) in [5.74, 6) is 4.04. The molecule has 0 radical (unpaired) electrons. The first-order valence-electron chi connectivity index (χ1n) is 6.83. The Morgan fingerprint density at radius 1 is 0.800 bits per heavy atom. The maximum atomic E-state index is 2.70. The fraction of sp³-hybridized carbons (Fsp3) is 0.733. The highest BCUT2D eigenvalue weighted by Gasteiger charge is 2.46. The monoisotopic (exact) mass is 200 g/mol. The topological polar surface area (TPSA) is 0 Å². The van der Waals surface area contributed by atoms with Gasteiger partial charge in [0, 0.05) is 0 Å². The Labute approximate surface area is 92.4 Å². The molecule has 0 heteroatoms. The quantitative estimate of drug-likeness (QED) is 0.552. The maximum absolute atomic E-state index is 2.70. The van der Waals surface area contributed by atoms with Crippen molar-refractivity contribution in [2.24, 2.45) is 23.7 Å². The smallest absolute Gasteiger partial charge is 0.0133 e. The minimum absolute atomic E-state index is 0.959. The van der Waals surface area contributed by atoms with Gasteiger partial charge in [0.25, 0.3) is 0 Å². The summed E-state index contributed by atoms with van der Waals surface area (Å²) in [6.07, 6.45) is 15.6. The lowest BCUT2D eigenvalue weighted by atomic mass is 9.71. The average Bonchev–Trinajstić information content (AvgIpc) is 2.87. The Bertz CT molecular complexity index is 313. The molecule has 0 N–H and O–H groups in total. The summed E-state index contributed by atoms with van der Waals surface area (Å²) >= 11 is 0. The van der Waals surface area contributed by atoms with Crippen LogP contribution in [0.15, 0.2) is 23.3 Å². The summed E-state index contributed by atoms with van der Waals surface area (Å²) in [4.78, 5) is 0. The lowest BCUT2D eigenvalue weighted by Gasteiger charge is -2.34. The van der Waals surface area contributed by atoms with Crippen LogP contribution in [0.5, 0.6) is 0 Å². The standard InChI is InChI=1S/C15H20/c1-2-4-11-9-15-13-6-5-12(7-13)14(15)8-10(11)3-1/h8-9,12-15H,1-7H2/t12-,13+,14+,15-. The highest BCUT2D eigenvalue weighted by Crippen LogP contribution is 2.56. The van der Waals surface area contributed by atoms with Crippen molar-refractivity contribution < 1.29 is 0 Å². The van der Waals surface area contributed by atoms with Crippen LogP contribution in [0, 0.1) is 23.7 Å². The highest BCUT2D eigenvalue weighted by molar-refractivity contribution is 5.39. The molecule has 0 saturated heterocycles. The van der Waals surface area contributed by atoms with Crippen molar-refractivity contribution >= 4 is 0 Å². The molecule has 0 aromatic carbocycles. The van der Waals surface area contributed by atoms with Crippen molar-refractivity contribution in [2.75, 3.05) is 0 Å². The van der Waals surface area contributed by atoms with Gasteiger partial charge in [-0.1, -0.05) is 12.2 Å². The van der Waals surface area contributed by atoms with Gasteiger partial charge in [-0.2, -0.15) is 0 Å². The van der Waals surface area contributed by atoms with Crippen LogP contribution in [-0.4, -0.2) is 0 Å². The molecule has 0 nitrogen and oxygen atoms in total. The van der Waals surface area contributed by atoms with Crippen LogP contribution in [0.3, 0.4) is 0 Å². The molecule has 0 aliphatic heterocycles. The van der Waals surface area contributed by atoms with Gasteiger partial charge < -0.3 is 0 Å². The molecule has 0 aromatic heterocycles. The molecule has 2 bridgehead atoms. The van der Waals surface area contributed by atoms with Crippen LogP contribution >= 0.6 is 0 Å². The van der Waals surface area contributed by atoms with E-state index >= 15 is 0 Å². The van der Waals surface area contributed by atoms with Gasteiger partial charge in [-0.3, -0.25) is 0 Å². The fourth-order valence-electron chi connectivity index (χ4n) is 4.67. The van der Waals surface area contributed by atoms with Crippen LogP contribution in [0.1, 0.15) is 44.9 Å². The third kappa shape index (κ3) is 1.14. The van der Waals surface area contributed by atoms with Crippen molar-refractivity contribution in [1.29, 1.82) is 0 Å². The molecule has 0 spiro atoms. The van der Waals surface area contributed by atoms with E-state index in [0.29, 0.717) is 0 Å². The molecule has 4 atom stereocenters. The molecule has 4 aliphatic carbocycles. The van der Waals surface area contributed by atoms with Crippen LogP contribution in [0.2, 0.25) is 0 Å². The van der Waals surface area contributed by atoms with Gasteiger partial charge in [0.05, 0.1) is 0 Å². The number of hydrogen-bond acceptors (Lipinski definition) is 0. The van der Waals surface area contributed by atoms with E-state index in [1.807, 2.05) is 0 Å². The SMILES string of the molecule is C1=C2CCCCC2=C[C@H]2[C@@H]3CC[C@@H](C3)[C@@H]12. The largest absolute Gasteiger partial charge is 0.0771 e. The Hall–Kier alpha value is -0.520. The molecule has 4 rings (SSSR count). The van der Waals surface area contributed by atoms with E-state index in [9.17, 15) is 0 Å². The number of rotatable bonds is 0. The number of fused-ring (bicyclic) bond motifs is 6. The highest BCUT2D eigenvalue weighted by atomic mass is 14.5. The molecule has 0 amide bonds. The number of allylic oxidation sites excluding steroid dienone is 4. The van der Waals surface area contributed by atoms with E-state index in [1.54, 1.807) is 17.6 Å². The first-order valence-corrected chi connectivity index (χ1v) is 6.83. The first-order chi connectivity index (χ1) is 7.42. The van der Waals surface area contributed by atoms with Gasteiger partial charge in [0.1, 0.15) is 0 Å². The third-order valence-corrected chi connectivity index (χ3v) is 5.39.